The molecule has 25 heavy (non-hydrogen) atoms. The van der Waals surface area contributed by atoms with E-state index in [4.69, 9.17) is 0 Å². The number of urea groups is 1. The fourth-order valence-electron chi connectivity index (χ4n) is 3.36. The van der Waals surface area contributed by atoms with Crippen LogP contribution >= 0.6 is 0 Å². The monoisotopic (exact) mass is 343 g/mol. The molecule has 1 saturated carbocycles. The maximum Gasteiger partial charge on any atom is 0.315 e. The number of rotatable bonds is 5. The fraction of sp³-hybridized carbons (Fsp3) is 0.500. The molecule has 0 spiro atoms. The number of nitrogens with one attached hydrogen (secondary N) is 2. The van der Waals surface area contributed by atoms with Crippen molar-refractivity contribution in [2.24, 2.45) is 5.92 Å². The summed E-state index contributed by atoms with van der Waals surface area (Å²) in [6, 6.07) is 9.56. The maximum atomic E-state index is 12.3. The van der Waals surface area contributed by atoms with Crippen LogP contribution < -0.4 is 10.6 Å². The first-order valence-corrected chi connectivity index (χ1v) is 8.87. The van der Waals surface area contributed by atoms with E-state index in [0.717, 1.165) is 37.8 Å². The Kier molecular flexibility index (Phi) is 6.00. The summed E-state index contributed by atoms with van der Waals surface area (Å²) < 4.78 is 1.85. The summed E-state index contributed by atoms with van der Waals surface area (Å²) in [5.74, 6) is 0.808. The van der Waals surface area contributed by atoms with Gasteiger partial charge in [-0.15, -0.1) is 10.2 Å². The zero-order valence-electron chi connectivity index (χ0n) is 14.3. The van der Waals surface area contributed by atoms with E-state index in [9.17, 15) is 9.90 Å². The van der Waals surface area contributed by atoms with E-state index in [1.165, 1.54) is 0 Å². The van der Waals surface area contributed by atoms with Crippen molar-refractivity contribution in [2.45, 2.75) is 44.7 Å². The molecule has 2 amide bonds. The van der Waals surface area contributed by atoms with Gasteiger partial charge in [-0.05, 0) is 25.0 Å². The third-order valence-corrected chi connectivity index (χ3v) is 4.77. The second kappa shape index (κ2) is 8.62. The summed E-state index contributed by atoms with van der Waals surface area (Å²) in [6.45, 7) is 0.407. The zero-order valence-corrected chi connectivity index (χ0v) is 14.3. The summed E-state index contributed by atoms with van der Waals surface area (Å²) in [5.41, 5.74) is 0.953. The molecule has 0 aliphatic heterocycles. The number of hydrogen-bond donors (Lipinski definition) is 3. The van der Waals surface area contributed by atoms with Gasteiger partial charge in [-0.25, -0.2) is 4.79 Å². The summed E-state index contributed by atoms with van der Waals surface area (Å²) in [7, 11) is 0. The number of nitrogens with zero attached hydrogens (tertiary/aromatic N) is 3. The summed E-state index contributed by atoms with van der Waals surface area (Å²) in [5, 5.41) is 23.4. The molecule has 0 saturated heterocycles. The Hall–Kier alpha value is -2.41. The first-order chi connectivity index (χ1) is 12.3. The number of benzene rings is 1. The molecule has 2 unspecified atom stereocenters. The van der Waals surface area contributed by atoms with Gasteiger partial charge in [0, 0.05) is 24.3 Å². The summed E-state index contributed by atoms with van der Waals surface area (Å²) in [6.07, 6.45) is 6.88. The Labute approximate surface area is 147 Å². The van der Waals surface area contributed by atoms with Crippen molar-refractivity contribution in [2.75, 3.05) is 6.61 Å². The smallest absolute Gasteiger partial charge is 0.315 e. The van der Waals surface area contributed by atoms with Gasteiger partial charge >= 0.3 is 6.03 Å². The van der Waals surface area contributed by atoms with Crippen molar-refractivity contribution in [1.29, 1.82) is 0 Å². The van der Waals surface area contributed by atoms with Gasteiger partial charge in [0.2, 0.25) is 0 Å². The predicted molar refractivity (Wildman–Crippen MR) is 94.2 cm³/mol. The van der Waals surface area contributed by atoms with Gasteiger partial charge in [0.25, 0.3) is 0 Å². The minimum atomic E-state index is -0.229. The Morgan fingerprint density at radius 1 is 1.20 bits per heavy atom. The highest BCUT2D eigenvalue weighted by Crippen LogP contribution is 2.23. The van der Waals surface area contributed by atoms with Gasteiger partial charge < -0.3 is 15.7 Å². The normalized spacial score (nSPS) is 20.7. The highest BCUT2D eigenvalue weighted by molar-refractivity contribution is 5.74. The molecule has 0 radical (unpaired) electrons. The van der Waals surface area contributed by atoms with Crippen molar-refractivity contribution in [3.63, 3.8) is 0 Å². The molecule has 134 valence electrons. The van der Waals surface area contributed by atoms with E-state index in [-0.39, 0.29) is 31.1 Å². The van der Waals surface area contributed by atoms with Crippen molar-refractivity contribution in [3.8, 4) is 5.69 Å². The molecule has 1 aromatic carbocycles. The molecule has 7 nitrogen and oxygen atoms in total. The molecule has 2 atom stereocenters. The average molecular weight is 343 g/mol. The number of carbonyl (C=O) groups is 1. The third kappa shape index (κ3) is 4.57. The molecule has 1 heterocycles. The van der Waals surface area contributed by atoms with Gasteiger partial charge in [-0.3, -0.25) is 4.57 Å². The lowest BCUT2D eigenvalue weighted by molar-refractivity contribution is 0.179. The fourth-order valence-corrected chi connectivity index (χ4v) is 3.36. The first kappa shape index (κ1) is 17.4. The van der Waals surface area contributed by atoms with Gasteiger partial charge in [-0.2, -0.15) is 0 Å². The predicted octanol–water partition coefficient (Wildman–Crippen LogP) is 2.01. The van der Waals surface area contributed by atoms with Crippen LogP contribution in [0.5, 0.6) is 0 Å². The molecule has 1 aromatic heterocycles. The number of amides is 2. The quantitative estimate of drug-likeness (QED) is 0.724. The van der Waals surface area contributed by atoms with Crippen molar-refractivity contribution >= 4 is 6.03 Å². The Balaban J connectivity index is 1.57. The van der Waals surface area contributed by atoms with Crippen LogP contribution in [0.4, 0.5) is 4.79 Å². The molecule has 7 heteroatoms. The van der Waals surface area contributed by atoms with E-state index in [1.54, 1.807) is 6.33 Å². The van der Waals surface area contributed by atoms with E-state index >= 15 is 0 Å². The van der Waals surface area contributed by atoms with Crippen molar-refractivity contribution < 1.29 is 9.90 Å². The molecule has 1 aliphatic rings. The highest BCUT2D eigenvalue weighted by atomic mass is 16.3. The second-order valence-electron chi connectivity index (χ2n) is 6.47. The minimum Gasteiger partial charge on any atom is -0.396 e. The van der Waals surface area contributed by atoms with Gasteiger partial charge in [0.15, 0.2) is 5.82 Å². The van der Waals surface area contributed by atoms with Crippen LogP contribution in [0.25, 0.3) is 5.69 Å². The molecule has 1 aliphatic carbocycles. The standard InChI is InChI=1S/C18H25N5O2/c24-12-14-7-3-1-6-10-16(14)21-18(25)19-11-17-22-20-13-23(17)15-8-4-2-5-9-15/h2,4-5,8-9,13-14,16,24H,1,3,6-7,10-12H2,(H2,19,21,25). The molecular formula is C18H25N5O2. The molecule has 2 aromatic rings. The van der Waals surface area contributed by atoms with E-state index in [2.05, 4.69) is 20.8 Å². The maximum absolute atomic E-state index is 12.3. The molecular weight excluding hydrogens is 318 g/mol. The van der Waals surface area contributed by atoms with E-state index < -0.39 is 0 Å². The second-order valence-corrected chi connectivity index (χ2v) is 6.47. The van der Waals surface area contributed by atoms with Crippen LogP contribution in [-0.4, -0.2) is 38.6 Å². The van der Waals surface area contributed by atoms with E-state index in [1.807, 2.05) is 34.9 Å². The molecule has 0 bridgehead atoms. The molecule has 3 rings (SSSR count). The van der Waals surface area contributed by atoms with Crippen molar-refractivity contribution in [1.82, 2.24) is 25.4 Å². The van der Waals surface area contributed by atoms with Crippen LogP contribution in [0, 0.1) is 5.92 Å². The lowest BCUT2D eigenvalue weighted by atomic mass is 9.96. The van der Waals surface area contributed by atoms with Crippen LogP contribution in [0.3, 0.4) is 0 Å². The summed E-state index contributed by atoms with van der Waals surface area (Å²) in [4.78, 5) is 12.3. The lowest BCUT2D eigenvalue weighted by Gasteiger charge is -2.24. The number of para-hydroxylation sites is 1. The number of aromatic nitrogens is 3. The van der Waals surface area contributed by atoms with Gasteiger partial charge in [0.05, 0.1) is 6.54 Å². The minimum absolute atomic E-state index is 0.0273. The number of carbonyl (C=O) groups excluding carboxylic acids is 1. The largest absolute Gasteiger partial charge is 0.396 e. The van der Waals surface area contributed by atoms with E-state index in [0.29, 0.717) is 5.82 Å². The molecule has 3 N–H and O–H groups in total. The molecule has 1 fully saturated rings. The van der Waals surface area contributed by atoms with Crippen LogP contribution in [0.2, 0.25) is 0 Å². The van der Waals surface area contributed by atoms with Crippen LogP contribution in [0.1, 0.15) is 37.9 Å². The van der Waals surface area contributed by atoms with Crippen LogP contribution in [0.15, 0.2) is 36.7 Å². The van der Waals surface area contributed by atoms with Crippen molar-refractivity contribution in [3.05, 3.63) is 42.5 Å². The zero-order chi connectivity index (χ0) is 17.5. The Morgan fingerprint density at radius 3 is 2.80 bits per heavy atom. The Bertz CT molecular complexity index is 673. The SMILES string of the molecule is O=C(NCc1nncn1-c1ccccc1)NC1CCCCCC1CO. The number of aliphatic hydroxyl groups excluding tert-OH is 1. The third-order valence-electron chi connectivity index (χ3n) is 4.77. The highest BCUT2D eigenvalue weighted by Gasteiger charge is 2.24. The summed E-state index contributed by atoms with van der Waals surface area (Å²) >= 11 is 0. The van der Waals surface area contributed by atoms with Gasteiger partial charge in [-0.1, -0.05) is 37.5 Å². The number of aliphatic hydroxyl groups is 1. The lowest BCUT2D eigenvalue weighted by Crippen LogP contribution is -2.46. The Morgan fingerprint density at radius 2 is 2.00 bits per heavy atom. The van der Waals surface area contributed by atoms with Gasteiger partial charge in [0.1, 0.15) is 6.33 Å². The average Bonchev–Trinajstić information content (AvgIpc) is 3.00. The topological polar surface area (TPSA) is 92.1 Å². The van der Waals surface area contributed by atoms with Crippen LogP contribution in [-0.2, 0) is 6.54 Å². The number of hydrogen-bond acceptors (Lipinski definition) is 4. The first-order valence-electron chi connectivity index (χ1n) is 8.87.